The topological polar surface area (TPSA) is 99.0 Å². The molecular weight excluding hydrogens is 485 g/mol. The van der Waals surface area contributed by atoms with Gasteiger partial charge in [0.2, 0.25) is 0 Å². The molecule has 11 heteroatoms. The highest BCUT2D eigenvalue weighted by molar-refractivity contribution is 7.87. The number of hydrogen-bond acceptors (Lipinski definition) is 7. The molecule has 2 aromatic heterocycles. The summed E-state index contributed by atoms with van der Waals surface area (Å²) in [5, 5.41) is 3.47. The van der Waals surface area contributed by atoms with Gasteiger partial charge in [0, 0.05) is 11.8 Å². The van der Waals surface area contributed by atoms with Gasteiger partial charge in [0.05, 0.1) is 11.6 Å². The lowest BCUT2D eigenvalue weighted by Crippen LogP contribution is -2.17. The van der Waals surface area contributed by atoms with Crippen molar-refractivity contribution in [1.82, 2.24) is 9.38 Å². The maximum absolute atomic E-state index is 13.2. The third kappa shape index (κ3) is 5.13. The van der Waals surface area contributed by atoms with E-state index in [4.69, 9.17) is 20.5 Å². The number of anilines is 1. The Labute approximate surface area is 200 Å². The first-order valence-electron chi connectivity index (χ1n) is 10.1. The molecule has 0 spiro atoms. The maximum atomic E-state index is 13.2. The number of pyridine rings is 1. The fraction of sp³-hybridized carbons (Fsp3) is 0.130. The van der Waals surface area contributed by atoms with Crippen LogP contribution in [-0.2, 0) is 19.6 Å². The molecule has 2 aromatic carbocycles. The van der Waals surface area contributed by atoms with Crippen molar-refractivity contribution in [1.29, 1.82) is 0 Å². The highest BCUT2D eigenvalue weighted by Crippen LogP contribution is 2.32. The minimum atomic E-state index is -4.18. The zero-order chi connectivity index (χ0) is 24.3. The molecule has 4 aromatic rings. The van der Waals surface area contributed by atoms with Crippen LogP contribution in [0.1, 0.15) is 6.92 Å². The summed E-state index contributed by atoms with van der Waals surface area (Å²) >= 11 is 6.15. The number of esters is 1. The van der Waals surface area contributed by atoms with Crippen LogP contribution in [0.25, 0.3) is 16.9 Å². The van der Waals surface area contributed by atoms with E-state index in [1.54, 1.807) is 41.8 Å². The molecule has 0 fully saturated rings. The first-order valence-corrected chi connectivity index (χ1v) is 11.9. The molecule has 4 rings (SSSR count). The van der Waals surface area contributed by atoms with Crippen molar-refractivity contribution in [2.45, 2.75) is 11.8 Å². The zero-order valence-corrected chi connectivity index (χ0v) is 19.4. The number of carbonyl (C=O) groups is 1. The van der Waals surface area contributed by atoms with Crippen molar-refractivity contribution in [3.63, 3.8) is 0 Å². The molecule has 34 heavy (non-hydrogen) atoms. The van der Waals surface area contributed by atoms with Gasteiger partial charge in [0.1, 0.15) is 40.2 Å². The number of imidazole rings is 1. The van der Waals surface area contributed by atoms with Crippen molar-refractivity contribution < 1.29 is 26.5 Å². The van der Waals surface area contributed by atoms with E-state index in [0.29, 0.717) is 27.7 Å². The SMILES string of the molecule is CCOC(=O)CNc1c(-c2cccc(OS(=O)(=O)c3ccc(F)cc3)c2)nc2ccc(Cl)cn12. The number of fused-ring (bicyclic) bond motifs is 1. The number of rotatable bonds is 8. The fourth-order valence-corrected chi connectivity index (χ4v) is 4.31. The van der Waals surface area contributed by atoms with Gasteiger partial charge in [-0.1, -0.05) is 23.7 Å². The lowest BCUT2D eigenvalue weighted by atomic mass is 10.1. The first-order chi connectivity index (χ1) is 16.3. The predicted octanol–water partition coefficient (Wildman–Crippen LogP) is 4.54. The summed E-state index contributed by atoms with van der Waals surface area (Å²) in [6.45, 7) is 1.84. The van der Waals surface area contributed by atoms with E-state index < -0.39 is 21.9 Å². The largest absolute Gasteiger partial charge is 0.465 e. The Morgan fingerprint density at radius 1 is 1.15 bits per heavy atom. The molecule has 0 radical (unpaired) electrons. The molecule has 0 aliphatic carbocycles. The molecule has 0 atom stereocenters. The van der Waals surface area contributed by atoms with E-state index in [9.17, 15) is 17.6 Å². The molecule has 0 amide bonds. The summed E-state index contributed by atoms with van der Waals surface area (Å²) in [4.78, 5) is 16.3. The molecule has 0 aliphatic heterocycles. The summed E-state index contributed by atoms with van der Waals surface area (Å²) < 4.78 is 50.3. The van der Waals surface area contributed by atoms with E-state index in [1.807, 2.05) is 0 Å². The van der Waals surface area contributed by atoms with Crippen LogP contribution in [0.3, 0.4) is 0 Å². The number of hydrogen-bond donors (Lipinski definition) is 1. The van der Waals surface area contributed by atoms with E-state index >= 15 is 0 Å². The average Bonchev–Trinajstić information content (AvgIpc) is 3.16. The number of nitrogens with zero attached hydrogens (tertiary/aromatic N) is 2. The van der Waals surface area contributed by atoms with Crippen molar-refractivity contribution in [2.24, 2.45) is 0 Å². The molecule has 2 heterocycles. The van der Waals surface area contributed by atoms with Crippen molar-refractivity contribution in [3.8, 4) is 17.0 Å². The van der Waals surface area contributed by atoms with Crippen LogP contribution >= 0.6 is 11.6 Å². The van der Waals surface area contributed by atoms with Gasteiger partial charge in [-0.2, -0.15) is 8.42 Å². The van der Waals surface area contributed by atoms with Crippen molar-refractivity contribution in [2.75, 3.05) is 18.5 Å². The Bertz CT molecular complexity index is 1460. The van der Waals surface area contributed by atoms with Crippen molar-refractivity contribution >= 4 is 39.2 Å². The number of ether oxygens (including phenoxy) is 1. The van der Waals surface area contributed by atoms with E-state index in [1.165, 1.54) is 12.1 Å². The molecule has 0 unspecified atom stereocenters. The van der Waals surface area contributed by atoms with Crippen LogP contribution < -0.4 is 9.50 Å². The molecule has 0 saturated carbocycles. The van der Waals surface area contributed by atoms with E-state index in [0.717, 1.165) is 24.3 Å². The van der Waals surface area contributed by atoms with Gasteiger partial charge in [-0.3, -0.25) is 9.20 Å². The van der Waals surface area contributed by atoms with Gasteiger partial charge in [0.15, 0.2) is 0 Å². The molecule has 1 N–H and O–H groups in total. The van der Waals surface area contributed by atoms with Gasteiger partial charge < -0.3 is 14.2 Å². The Morgan fingerprint density at radius 2 is 1.91 bits per heavy atom. The van der Waals surface area contributed by atoms with Gasteiger partial charge >= 0.3 is 16.1 Å². The number of benzene rings is 2. The van der Waals surface area contributed by atoms with E-state index in [2.05, 4.69) is 10.3 Å². The van der Waals surface area contributed by atoms with Gasteiger partial charge in [-0.25, -0.2) is 9.37 Å². The number of carbonyl (C=O) groups excluding carboxylic acids is 1. The lowest BCUT2D eigenvalue weighted by molar-refractivity contribution is -0.140. The molecule has 176 valence electrons. The second-order valence-electron chi connectivity index (χ2n) is 7.06. The molecule has 0 bridgehead atoms. The molecule has 0 saturated heterocycles. The third-order valence-electron chi connectivity index (χ3n) is 4.70. The summed E-state index contributed by atoms with van der Waals surface area (Å²) in [6, 6.07) is 14.0. The van der Waals surface area contributed by atoms with Crippen LogP contribution in [0.5, 0.6) is 5.75 Å². The van der Waals surface area contributed by atoms with Crippen LogP contribution in [0, 0.1) is 5.82 Å². The van der Waals surface area contributed by atoms with Gasteiger partial charge in [-0.05, 0) is 55.5 Å². The van der Waals surface area contributed by atoms with E-state index in [-0.39, 0.29) is 23.8 Å². The highest BCUT2D eigenvalue weighted by atomic mass is 35.5. The molecule has 0 aliphatic rings. The molecule has 8 nitrogen and oxygen atoms in total. The molecular formula is C23H19ClFN3O5S. The first kappa shape index (κ1) is 23.5. The smallest absolute Gasteiger partial charge is 0.339 e. The predicted molar refractivity (Wildman–Crippen MR) is 125 cm³/mol. The Balaban J connectivity index is 1.70. The standard InChI is InChI=1S/C23H19ClFN3O5S/c1-2-32-21(29)13-26-23-22(27-20-11-6-16(24)14-28(20)23)15-4-3-5-18(12-15)33-34(30,31)19-9-7-17(25)8-10-19/h3-12,14,26H,2,13H2,1H3. The van der Waals surface area contributed by atoms with Gasteiger partial charge in [-0.15, -0.1) is 0 Å². The second kappa shape index (κ2) is 9.70. The van der Waals surface area contributed by atoms with Crippen LogP contribution in [0.15, 0.2) is 71.8 Å². The summed E-state index contributed by atoms with van der Waals surface area (Å²) in [5.74, 6) is -0.513. The summed E-state index contributed by atoms with van der Waals surface area (Å²) in [6.07, 6.45) is 1.64. The Kier molecular flexibility index (Phi) is 6.71. The zero-order valence-electron chi connectivity index (χ0n) is 17.9. The number of halogens is 2. The number of nitrogens with one attached hydrogen (secondary N) is 1. The van der Waals surface area contributed by atoms with Crippen molar-refractivity contribution in [3.05, 3.63) is 77.7 Å². The number of aromatic nitrogens is 2. The normalized spacial score (nSPS) is 11.4. The van der Waals surface area contributed by atoms with Gasteiger partial charge in [0.25, 0.3) is 0 Å². The monoisotopic (exact) mass is 503 g/mol. The minimum absolute atomic E-state index is 0.0354. The Morgan fingerprint density at radius 3 is 2.65 bits per heavy atom. The van der Waals surface area contributed by atoms with Crippen LogP contribution in [-0.4, -0.2) is 36.9 Å². The third-order valence-corrected chi connectivity index (χ3v) is 6.19. The minimum Gasteiger partial charge on any atom is -0.465 e. The summed E-state index contributed by atoms with van der Waals surface area (Å²) in [5.41, 5.74) is 1.52. The lowest BCUT2D eigenvalue weighted by Gasteiger charge is -2.10. The quantitative estimate of drug-likeness (QED) is 0.278. The summed E-state index contributed by atoms with van der Waals surface area (Å²) in [7, 11) is -4.18. The highest BCUT2D eigenvalue weighted by Gasteiger charge is 2.19. The maximum Gasteiger partial charge on any atom is 0.339 e. The fourth-order valence-electron chi connectivity index (χ4n) is 3.23. The Hall–Kier alpha value is -3.63. The second-order valence-corrected chi connectivity index (χ2v) is 9.05. The van der Waals surface area contributed by atoms with Crippen LogP contribution in [0.4, 0.5) is 10.2 Å². The van der Waals surface area contributed by atoms with Crippen LogP contribution in [0.2, 0.25) is 5.02 Å². The average molecular weight is 504 g/mol.